The van der Waals surface area contributed by atoms with Gasteiger partial charge in [-0.25, -0.2) is 0 Å². The topological polar surface area (TPSA) is 67.2 Å². The number of azide groups is 1. The van der Waals surface area contributed by atoms with E-state index >= 15 is 0 Å². The minimum absolute atomic E-state index is 0.287. The molecule has 0 aromatic heterocycles. The van der Waals surface area contributed by atoms with Gasteiger partial charge < -0.3 is 9.47 Å². The van der Waals surface area contributed by atoms with Gasteiger partial charge in [-0.05, 0) is 28.8 Å². The second-order valence-corrected chi connectivity index (χ2v) is 4.03. The summed E-state index contributed by atoms with van der Waals surface area (Å²) in [7, 11) is 1.60. The average Bonchev–Trinajstić information content (AvgIpc) is 2.52. The maximum absolute atomic E-state index is 8.24. The van der Waals surface area contributed by atoms with Gasteiger partial charge in [-0.2, -0.15) is 0 Å². The number of rotatable bonds is 6. The molecular weight excluding hydrogens is 254 g/mol. The Morgan fingerprint density at radius 3 is 2.55 bits per heavy atom. The predicted molar refractivity (Wildman–Crippen MR) is 77.9 cm³/mol. The van der Waals surface area contributed by atoms with Gasteiger partial charge in [0.25, 0.3) is 0 Å². The molecule has 0 saturated heterocycles. The minimum Gasteiger partial charge on any atom is -0.493 e. The molecule has 5 heteroatoms. The molecule has 20 heavy (non-hydrogen) atoms. The largest absolute Gasteiger partial charge is 0.493 e. The van der Waals surface area contributed by atoms with Gasteiger partial charge in [0.2, 0.25) is 0 Å². The summed E-state index contributed by atoms with van der Waals surface area (Å²) in [5.41, 5.74) is 10.4. The summed E-state index contributed by atoms with van der Waals surface area (Å²) in [4.78, 5) is 2.69. The van der Waals surface area contributed by atoms with Crippen LogP contribution in [-0.4, -0.2) is 20.3 Å². The fraction of sp³-hybridized carbons (Fsp3) is 0.200. The summed E-state index contributed by atoms with van der Waals surface area (Å²) in [6.45, 7) is 0.605. The molecule has 2 aromatic rings. The molecule has 102 valence electrons. The molecule has 0 saturated carbocycles. The highest BCUT2D eigenvalue weighted by Gasteiger charge is 2.06. The lowest BCUT2D eigenvalue weighted by molar-refractivity contribution is 0.302. The fourth-order valence-corrected chi connectivity index (χ4v) is 1.84. The minimum atomic E-state index is 0.287. The van der Waals surface area contributed by atoms with Crippen molar-refractivity contribution in [3.63, 3.8) is 0 Å². The monoisotopic (exact) mass is 269 g/mol. The molecule has 0 aliphatic rings. The third kappa shape index (κ3) is 3.43. The SMILES string of the molecule is COc1ccc(-c2ccccc2)cc1OCCN=[N+]=[N-]. The molecule has 0 heterocycles. The first kappa shape index (κ1) is 13.8. The van der Waals surface area contributed by atoms with E-state index in [-0.39, 0.29) is 6.54 Å². The van der Waals surface area contributed by atoms with Crippen LogP contribution in [0.4, 0.5) is 0 Å². The van der Waals surface area contributed by atoms with E-state index in [1.165, 1.54) is 0 Å². The van der Waals surface area contributed by atoms with Gasteiger partial charge in [-0.3, -0.25) is 0 Å². The van der Waals surface area contributed by atoms with E-state index in [0.717, 1.165) is 11.1 Å². The lowest BCUT2D eigenvalue weighted by Gasteiger charge is -2.11. The van der Waals surface area contributed by atoms with Crippen molar-refractivity contribution in [2.45, 2.75) is 0 Å². The Morgan fingerprint density at radius 1 is 1.05 bits per heavy atom. The number of methoxy groups -OCH3 is 1. The summed E-state index contributed by atoms with van der Waals surface area (Å²) in [5.74, 6) is 1.30. The molecule has 0 bridgehead atoms. The maximum Gasteiger partial charge on any atom is 0.161 e. The zero-order valence-electron chi connectivity index (χ0n) is 11.2. The molecule has 5 nitrogen and oxygen atoms in total. The van der Waals surface area contributed by atoms with Gasteiger partial charge in [0.15, 0.2) is 11.5 Å². The lowest BCUT2D eigenvalue weighted by Crippen LogP contribution is -2.02. The van der Waals surface area contributed by atoms with E-state index in [1.54, 1.807) is 7.11 Å². The van der Waals surface area contributed by atoms with Gasteiger partial charge in [-0.1, -0.05) is 41.5 Å². The van der Waals surface area contributed by atoms with Crippen LogP contribution in [-0.2, 0) is 0 Å². The fourth-order valence-electron chi connectivity index (χ4n) is 1.84. The smallest absolute Gasteiger partial charge is 0.161 e. The molecule has 2 rings (SSSR count). The second-order valence-electron chi connectivity index (χ2n) is 4.03. The number of hydrogen-bond acceptors (Lipinski definition) is 3. The van der Waals surface area contributed by atoms with Crippen LogP contribution in [0.2, 0.25) is 0 Å². The number of nitrogens with zero attached hydrogens (tertiary/aromatic N) is 3. The summed E-state index contributed by atoms with van der Waals surface area (Å²) in [6, 6.07) is 15.8. The van der Waals surface area contributed by atoms with Gasteiger partial charge in [0, 0.05) is 4.91 Å². The van der Waals surface area contributed by atoms with Crippen LogP contribution in [0.5, 0.6) is 11.5 Å². The molecule has 0 amide bonds. The average molecular weight is 269 g/mol. The van der Waals surface area contributed by atoms with Crippen molar-refractivity contribution in [1.82, 2.24) is 0 Å². The van der Waals surface area contributed by atoms with Crippen molar-refractivity contribution in [1.29, 1.82) is 0 Å². The first-order valence-corrected chi connectivity index (χ1v) is 6.22. The van der Waals surface area contributed by atoms with Gasteiger partial charge in [0.1, 0.15) is 0 Å². The van der Waals surface area contributed by atoms with Crippen LogP contribution in [0.3, 0.4) is 0 Å². The zero-order chi connectivity index (χ0) is 14.2. The molecule has 0 spiro atoms. The van der Waals surface area contributed by atoms with Gasteiger partial charge >= 0.3 is 0 Å². The first-order chi connectivity index (χ1) is 9.85. The van der Waals surface area contributed by atoms with E-state index in [4.69, 9.17) is 15.0 Å². The van der Waals surface area contributed by atoms with Crippen LogP contribution < -0.4 is 9.47 Å². The van der Waals surface area contributed by atoms with E-state index in [9.17, 15) is 0 Å². The standard InChI is InChI=1S/C15H15N3O2/c1-19-14-8-7-13(12-5-3-2-4-6-12)11-15(14)20-10-9-17-18-16/h2-8,11H,9-10H2,1H3. The predicted octanol–water partition coefficient (Wildman–Crippen LogP) is 4.05. The molecule has 0 atom stereocenters. The number of ether oxygens (including phenoxy) is 2. The molecular formula is C15H15N3O2. The van der Waals surface area contributed by atoms with E-state index in [1.807, 2.05) is 48.5 Å². The molecule has 0 radical (unpaired) electrons. The molecule has 0 unspecified atom stereocenters. The van der Waals surface area contributed by atoms with Crippen molar-refractivity contribution in [3.05, 3.63) is 59.0 Å². The quantitative estimate of drug-likeness (QED) is 0.343. The summed E-state index contributed by atoms with van der Waals surface area (Å²) >= 11 is 0. The summed E-state index contributed by atoms with van der Waals surface area (Å²) < 4.78 is 10.9. The molecule has 2 aromatic carbocycles. The van der Waals surface area contributed by atoms with Crippen molar-refractivity contribution >= 4 is 0 Å². The Balaban J connectivity index is 2.22. The van der Waals surface area contributed by atoms with Crippen molar-refractivity contribution in [2.24, 2.45) is 5.11 Å². The Labute approximate surface area is 117 Å². The van der Waals surface area contributed by atoms with Crippen LogP contribution >= 0.6 is 0 Å². The van der Waals surface area contributed by atoms with Gasteiger partial charge in [-0.15, -0.1) is 0 Å². The molecule has 0 aliphatic carbocycles. The van der Waals surface area contributed by atoms with Crippen LogP contribution in [0, 0.1) is 0 Å². The van der Waals surface area contributed by atoms with Gasteiger partial charge in [0.05, 0.1) is 20.3 Å². The molecule has 0 aliphatic heterocycles. The highest BCUT2D eigenvalue weighted by atomic mass is 16.5. The Hall–Kier alpha value is -2.65. The highest BCUT2D eigenvalue weighted by molar-refractivity contribution is 5.67. The highest BCUT2D eigenvalue weighted by Crippen LogP contribution is 2.32. The zero-order valence-corrected chi connectivity index (χ0v) is 11.2. The maximum atomic E-state index is 8.24. The molecule has 0 N–H and O–H groups in total. The van der Waals surface area contributed by atoms with E-state index in [0.29, 0.717) is 18.1 Å². The van der Waals surface area contributed by atoms with E-state index in [2.05, 4.69) is 10.0 Å². The number of hydrogen-bond donors (Lipinski definition) is 0. The Kier molecular flexibility index (Phi) is 4.87. The van der Waals surface area contributed by atoms with Crippen LogP contribution in [0.15, 0.2) is 53.6 Å². The number of benzene rings is 2. The van der Waals surface area contributed by atoms with E-state index < -0.39 is 0 Å². The van der Waals surface area contributed by atoms with Crippen LogP contribution in [0.25, 0.3) is 21.6 Å². The lowest BCUT2D eigenvalue weighted by atomic mass is 10.1. The van der Waals surface area contributed by atoms with Crippen molar-refractivity contribution in [3.8, 4) is 22.6 Å². The van der Waals surface area contributed by atoms with Crippen molar-refractivity contribution < 1.29 is 9.47 Å². The van der Waals surface area contributed by atoms with Crippen LogP contribution in [0.1, 0.15) is 0 Å². The normalized spacial score (nSPS) is 9.65. The second kappa shape index (κ2) is 7.07. The third-order valence-electron chi connectivity index (χ3n) is 2.78. The summed E-state index contributed by atoms with van der Waals surface area (Å²) in [5, 5.41) is 3.44. The third-order valence-corrected chi connectivity index (χ3v) is 2.78. The molecule has 0 fully saturated rings. The van der Waals surface area contributed by atoms with Crippen molar-refractivity contribution in [2.75, 3.05) is 20.3 Å². The Bertz CT molecular complexity index is 608. The first-order valence-electron chi connectivity index (χ1n) is 6.22. The summed E-state index contributed by atoms with van der Waals surface area (Å²) in [6.07, 6.45) is 0. The Morgan fingerprint density at radius 2 is 1.85 bits per heavy atom.